The Bertz CT molecular complexity index is 558. The van der Waals surface area contributed by atoms with Crippen molar-refractivity contribution >= 4 is 11.6 Å². The molecule has 2 N–H and O–H groups in total. The van der Waals surface area contributed by atoms with Crippen molar-refractivity contribution in [1.29, 1.82) is 0 Å². The van der Waals surface area contributed by atoms with Crippen LogP contribution in [0.4, 0.5) is 5.69 Å². The van der Waals surface area contributed by atoms with Gasteiger partial charge in [-0.15, -0.1) is 0 Å². The van der Waals surface area contributed by atoms with E-state index in [-0.39, 0.29) is 5.91 Å². The van der Waals surface area contributed by atoms with Gasteiger partial charge in [0.05, 0.1) is 6.42 Å². The summed E-state index contributed by atoms with van der Waals surface area (Å²) in [5.74, 6) is 2.93. The first-order valence-corrected chi connectivity index (χ1v) is 8.40. The number of carbonyl (C=O) groups is 1. The summed E-state index contributed by atoms with van der Waals surface area (Å²) in [6.45, 7) is 3.30. The predicted molar refractivity (Wildman–Crippen MR) is 84.1 cm³/mol. The van der Waals surface area contributed by atoms with Crippen molar-refractivity contribution in [2.24, 2.45) is 17.8 Å². The Morgan fingerprint density at radius 3 is 2.86 bits per heavy atom. The average Bonchev–Trinajstić information content (AvgIpc) is 2.92. The van der Waals surface area contributed by atoms with Gasteiger partial charge in [0.2, 0.25) is 5.91 Å². The lowest BCUT2D eigenvalue weighted by atomic mass is 9.88. The molecule has 1 aromatic rings. The highest BCUT2D eigenvalue weighted by Crippen LogP contribution is 2.57. The van der Waals surface area contributed by atoms with Crippen molar-refractivity contribution in [2.45, 2.75) is 45.1 Å². The molecular weight excluding hydrogens is 260 g/mol. The van der Waals surface area contributed by atoms with Crippen LogP contribution in [-0.2, 0) is 11.2 Å². The fraction of sp³-hybridized carbons (Fsp3) is 0.611. The van der Waals surface area contributed by atoms with Gasteiger partial charge < -0.3 is 10.6 Å². The first-order chi connectivity index (χ1) is 10.2. The molecule has 0 radical (unpaired) electrons. The molecule has 0 saturated heterocycles. The molecule has 1 aliphatic heterocycles. The maximum absolute atomic E-state index is 11.5. The summed E-state index contributed by atoms with van der Waals surface area (Å²) < 4.78 is 0. The van der Waals surface area contributed by atoms with Crippen LogP contribution in [0.15, 0.2) is 18.2 Å². The maximum atomic E-state index is 11.5. The summed E-state index contributed by atoms with van der Waals surface area (Å²) in [5.41, 5.74) is 3.56. The number of fused-ring (bicyclic) bond motifs is 2. The third-order valence-corrected chi connectivity index (χ3v) is 5.48. The van der Waals surface area contributed by atoms with Crippen molar-refractivity contribution in [1.82, 2.24) is 5.32 Å². The Hall–Kier alpha value is -1.35. The van der Waals surface area contributed by atoms with Gasteiger partial charge in [-0.2, -0.15) is 0 Å². The summed E-state index contributed by atoms with van der Waals surface area (Å²) in [5, 5.41) is 6.70. The summed E-state index contributed by atoms with van der Waals surface area (Å²) in [7, 11) is 0. The second-order valence-corrected chi connectivity index (χ2v) is 7.06. The average molecular weight is 284 g/mol. The van der Waals surface area contributed by atoms with Gasteiger partial charge in [0.15, 0.2) is 0 Å². The maximum Gasteiger partial charge on any atom is 0.228 e. The molecule has 3 heteroatoms. The van der Waals surface area contributed by atoms with Gasteiger partial charge in [-0.3, -0.25) is 4.79 Å². The molecule has 3 unspecified atom stereocenters. The van der Waals surface area contributed by atoms with Gasteiger partial charge in [0, 0.05) is 11.7 Å². The Kier molecular flexibility index (Phi) is 3.26. The Morgan fingerprint density at radius 1 is 1.29 bits per heavy atom. The minimum Gasteiger partial charge on any atom is -0.326 e. The van der Waals surface area contributed by atoms with E-state index in [0.29, 0.717) is 12.5 Å². The molecule has 3 aliphatic rings. The van der Waals surface area contributed by atoms with Gasteiger partial charge in [-0.25, -0.2) is 0 Å². The number of rotatable bonds is 5. The molecule has 1 amide bonds. The van der Waals surface area contributed by atoms with E-state index in [2.05, 4.69) is 35.8 Å². The van der Waals surface area contributed by atoms with Crippen LogP contribution in [0.3, 0.4) is 0 Å². The van der Waals surface area contributed by atoms with Crippen molar-refractivity contribution < 1.29 is 4.79 Å². The number of benzene rings is 1. The molecule has 112 valence electrons. The van der Waals surface area contributed by atoms with E-state index in [4.69, 9.17) is 0 Å². The molecule has 2 saturated carbocycles. The van der Waals surface area contributed by atoms with Gasteiger partial charge >= 0.3 is 0 Å². The second-order valence-electron chi connectivity index (χ2n) is 7.06. The zero-order chi connectivity index (χ0) is 14.4. The Morgan fingerprint density at radius 2 is 2.10 bits per heavy atom. The lowest BCUT2D eigenvalue weighted by Gasteiger charge is -2.27. The highest BCUT2D eigenvalue weighted by Gasteiger charge is 2.48. The number of carbonyl (C=O) groups excluding carboxylic acids is 1. The van der Waals surface area contributed by atoms with Crippen molar-refractivity contribution in [3.63, 3.8) is 0 Å². The minimum absolute atomic E-state index is 0.127. The van der Waals surface area contributed by atoms with E-state index in [0.717, 1.165) is 30.0 Å². The number of nitrogens with one attached hydrogen (secondary N) is 2. The zero-order valence-corrected chi connectivity index (χ0v) is 12.7. The summed E-state index contributed by atoms with van der Waals surface area (Å²) >= 11 is 0. The Balaban J connectivity index is 1.57. The minimum atomic E-state index is 0.127. The van der Waals surface area contributed by atoms with Gasteiger partial charge in [-0.1, -0.05) is 19.1 Å². The van der Waals surface area contributed by atoms with Crippen LogP contribution in [0.1, 0.15) is 49.8 Å². The van der Waals surface area contributed by atoms with Crippen LogP contribution in [0, 0.1) is 17.8 Å². The highest BCUT2D eigenvalue weighted by atomic mass is 16.1. The van der Waals surface area contributed by atoms with Crippen LogP contribution in [0.25, 0.3) is 0 Å². The molecule has 1 aromatic carbocycles. The summed E-state index contributed by atoms with van der Waals surface area (Å²) in [6, 6.07) is 7.02. The van der Waals surface area contributed by atoms with Crippen molar-refractivity contribution in [3.05, 3.63) is 29.3 Å². The summed E-state index contributed by atoms with van der Waals surface area (Å²) in [6.07, 6.45) is 5.96. The van der Waals surface area contributed by atoms with Crippen molar-refractivity contribution in [2.75, 3.05) is 11.9 Å². The van der Waals surface area contributed by atoms with Crippen LogP contribution in [0.2, 0.25) is 0 Å². The van der Waals surface area contributed by atoms with E-state index in [1.165, 1.54) is 36.8 Å². The summed E-state index contributed by atoms with van der Waals surface area (Å²) in [4.78, 5) is 11.5. The third-order valence-electron chi connectivity index (χ3n) is 5.48. The van der Waals surface area contributed by atoms with Crippen LogP contribution < -0.4 is 10.6 Å². The molecule has 0 spiro atoms. The molecule has 0 bridgehead atoms. The van der Waals surface area contributed by atoms with Gasteiger partial charge in [0.25, 0.3) is 0 Å². The van der Waals surface area contributed by atoms with Crippen molar-refractivity contribution in [3.8, 4) is 0 Å². The Labute approximate surface area is 126 Å². The van der Waals surface area contributed by atoms with Crippen LogP contribution in [0.5, 0.6) is 0 Å². The van der Waals surface area contributed by atoms with Gasteiger partial charge in [0.1, 0.15) is 0 Å². The highest BCUT2D eigenvalue weighted by molar-refractivity contribution is 5.99. The quantitative estimate of drug-likeness (QED) is 0.871. The van der Waals surface area contributed by atoms with E-state index < -0.39 is 0 Å². The van der Waals surface area contributed by atoms with E-state index in [1.807, 2.05) is 0 Å². The molecule has 3 nitrogen and oxygen atoms in total. The SMILES string of the molecule is CCCNC(c1ccc2c(c1)CC(=O)N2)C1CC2CC2C1. The van der Waals surface area contributed by atoms with Crippen LogP contribution in [-0.4, -0.2) is 12.5 Å². The first-order valence-electron chi connectivity index (χ1n) is 8.40. The monoisotopic (exact) mass is 284 g/mol. The fourth-order valence-corrected chi connectivity index (χ4v) is 4.33. The first kappa shape index (κ1) is 13.3. The molecule has 3 atom stereocenters. The smallest absolute Gasteiger partial charge is 0.228 e. The lowest BCUT2D eigenvalue weighted by Crippen LogP contribution is -2.28. The molecule has 4 rings (SSSR count). The van der Waals surface area contributed by atoms with Gasteiger partial charge in [-0.05, 0) is 67.2 Å². The standard InChI is InChI=1S/C18H24N2O/c1-2-5-19-18(15-8-12-7-13(12)9-15)11-3-4-16-14(6-11)10-17(21)20-16/h3-4,6,12-13,15,18-19H,2,5,7-10H2,1H3,(H,20,21). The zero-order valence-electron chi connectivity index (χ0n) is 12.7. The number of anilines is 1. The molecule has 2 aliphatic carbocycles. The molecule has 2 fully saturated rings. The second kappa shape index (κ2) is 5.13. The number of amides is 1. The van der Waals surface area contributed by atoms with E-state index in [1.54, 1.807) is 0 Å². The molecule has 0 aromatic heterocycles. The third kappa shape index (κ3) is 2.48. The van der Waals surface area contributed by atoms with E-state index >= 15 is 0 Å². The molecule has 1 heterocycles. The predicted octanol–water partition coefficient (Wildman–Crippen LogP) is 3.27. The molecule has 21 heavy (non-hydrogen) atoms. The van der Waals surface area contributed by atoms with E-state index in [9.17, 15) is 4.79 Å². The fourth-order valence-electron chi connectivity index (χ4n) is 4.33. The van der Waals surface area contributed by atoms with Crippen LogP contribution >= 0.6 is 0 Å². The number of hydrogen-bond donors (Lipinski definition) is 2. The largest absolute Gasteiger partial charge is 0.326 e. The number of hydrogen-bond acceptors (Lipinski definition) is 2. The lowest BCUT2D eigenvalue weighted by molar-refractivity contribution is -0.115. The normalized spacial score (nSPS) is 30.7. The topological polar surface area (TPSA) is 41.1 Å². The molecular formula is C18H24N2O.